The Morgan fingerprint density at radius 3 is 1.35 bits per heavy atom. The van der Waals surface area contributed by atoms with Crippen LogP contribution in [-0.4, -0.2) is 23.5 Å². The van der Waals surface area contributed by atoms with Crippen molar-refractivity contribution in [2.24, 2.45) is 0 Å². The largest absolute Gasteiger partial charge is 0.458 e. The van der Waals surface area contributed by atoms with E-state index in [1.165, 1.54) is 6.08 Å². The van der Waals surface area contributed by atoms with E-state index < -0.39 is 5.97 Å². The van der Waals surface area contributed by atoms with Gasteiger partial charge < -0.3 is 9.47 Å². The van der Waals surface area contributed by atoms with Crippen molar-refractivity contribution in [1.29, 1.82) is 0 Å². The van der Waals surface area contributed by atoms with Gasteiger partial charge >= 0.3 is 11.9 Å². The molecule has 0 fully saturated rings. The van der Waals surface area contributed by atoms with E-state index in [0.717, 1.165) is 50.6 Å². The normalized spacial score (nSPS) is 9.58. The molecule has 4 aromatic carbocycles. The third kappa shape index (κ3) is 13.6. The highest BCUT2D eigenvalue weighted by atomic mass is 16.5. The molecule has 52 heavy (non-hydrogen) atoms. The van der Waals surface area contributed by atoms with Crippen molar-refractivity contribution in [3.05, 3.63) is 169 Å². The number of Topliss-reactive ketones (excluding diaryl/α,β-unsaturated/α-hetero) is 1. The van der Waals surface area contributed by atoms with Crippen LogP contribution in [0.1, 0.15) is 48.9 Å². The van der Waals surface area contributed by atoms with Crippen molar-refractivity contribution in [3.8, 4) is 45.9 Å². The smallest absolute Gasteiger partial charge is 0.333 e. The van der Waals surface area contributed by atoms with Crippen LogP contribution in [0.25, 0.3) is 22.3 Å². The predicted octanol–water partition coefficient (Wildman–Crippen LogP) is 8.94. The average molecular weight is 689 g/mol. The molecule has 0 aliphatic heterocycles. The molecule has 0 heterocycles. The van der Waals surface area contributed by atoms with Crippen molar-refractivity contribution >= 4 is 23.5 Å². The minimum Gasteiger partial charge on any atom is -0.458 e. The maximum Gasteiger partial charge on any atom is 0.333 e. The Balaban J connectivity index is 0.000000281. The van der Waals surface area contributed by atoms with Gasteiger partial charge in [-0.1, -0.05) is 123 Å². The van der Waals surface area contributed by atoms with Gasteiger partial charge in [-0.25, -0.2) is 9.59 Å². The summed E-state index contributed by atoms with van der Waals surface area (Å²) in [7, 11) is 0. The lowest BCUT2D eigenvalue weighted by atomic mass is 10.0. The van der Waals surface area contributed by atoms with E-state index >= 15 is 0 Å². The SMILES string of the molecule is C=C(C)C(=O)CC#Cc1ccc(-c2ccc(COC(=O)C(=C)C)cc2)cc1.C=CC(=O)CC#Cc1ccc(-c2ccc(COC(=O)C=C)cc2)cc1. The molecule has 0 unspecified atom stereocenters. The standard InChI is InChI=1S/C24H22O3.C22H18O3/c1-17(2)23(25)7-5-6-19-8-12-21(13-9-19)22-14-10-20(11-15-22)16-27-24(26)18(3)4;1-3-21(23)7-5-6-17-8-12-19(13-9-17)20-14-10-18(11-15-20)16-25-22(24)4-2/h8-15H,1,3,7,16H2,2,4H3;3-4,8-15H,1-2,7,16H2. The lowest BCUT2D eigenvalue weighted by molar-refractivity contribution is -0.140. The monoisotopic (exact) mass is 688 g/mol. The number of carbonyl (C=O) groups excluding carboxylic acids is 4. The van der Waals surface area contributed by atoms with Gasteiger partial charge in [-0.2, -0.15) is 0 Å². The van der Waals surface area contributed by atoms with Gasteiger partial charge in [-0.3, -0.25) is 9.59 Å². The number of esters is 2. The highest BCUT2D eigenvalue weighted by Gasteiger charge is 2.05. The molecule has 0 saturated heterocycles. The molecule has 6 heteroatoms. The summed E-state index contributed by atoms with van der Waals surface area (Å²) in [5.74, 6) is 10.7. The highest BCUT2D eigenvalue weighted by Crippen LogP contribution is 2.22. The van der Waals surface area contributed by atoms with Crippen LogP contribution >= 0.6 is 0 Å². The van der Waals surface area contributed by atoms with E-state index in [1.807, 2.05) is 97.1 Å². The average Bonchev–Trinajstić information content (AvgIpc) is 3.17. The molecule has 0 N–H and O–H groups in total. The third-order valence-electron chi connectivity index (χ3n) is 7.29. The molecule has 0 aliphatic carbocycles. The first kappa shape index (κ1) is 39.7. The summed E-state index contributed by atoms with van der Waals surface area (Å²) in [5.41, 5.74) is 8.68. The van der Waals surface area contributed by atoms with Gasteiger partial charge in [0.15, 0.2) is 11.6 Å². The number of carbonyl (C=O) groups is 4. The highest BCUT2D eigenvalue weighted by molar-refractivity contribution is 5.95. The van der Waals surface area contributed by atoms with Gasteiger partial charge in [0.2, 0.25) is 0 Å². The zero-order chi connectivity index (χ0) is 37.9. The summed E-state index contributed by atoms with van der Waals surface area (Å²) in [6.45, 7) is 17.7. The molecule has 0 spiro atoms. The van der Waals surface area contributed by atoms with E-state index in [1.54, 1.807) is 13.8 Å². The summed E-state index contributed by atoms with van der Waals surface area (Å²) < 4.78 is 10.1. The molecular formula is C46H40O6. The molecule has 4 rings (SSSR count). The Kier molecular flexibility index (Phi) is 15.8. The van der Waals surface area contributed by atoms with Gasteiger partial charge in [0.25, 0.3) is 0 Å². The summed E-state index contributed by atoms with van der Waals surface area (Å²) in [6.07, 6.45) is 2.80. The molecule has 0 bridgehead atoms. The Hall–Kier alpha value is -6.76. The van der Waals surface area contributed by atoms with Gasteiger partial charge in [-0.05, 0) is 83.1 Å². The Morgan fingerprint density at radius 1 is 0.558 bits per heavy atom. The molecule has 0 amide bonds. The van der Waals surface area contributed by atoms with Crippen LogP contribution in [0.4, 0.5) is 0 Å². The van der Waals surface area contributed by atoms with Crippen LogP contribution in [0.5, 0.6) is 0 Å². The first-order valence-corrected chi connectivity index (χ1v) is 16.3. The summed E-state index contributed by atoms with van der Waals surface area (Å²) in [5, 5.41) is 0. The van der Waals surface area contributed by atoms with E-state index in [0.29, 0.717) is 11.1 Å². The quantitative estimate of drug-likeness (QED) is 0.0840. The van der Waals surface area contributed by atoms with Crippen molar-refractivity contribution in [2.45, 2.75) is 39.9 Å². The fraction of sp³-hybridized carbons (Fsp3) is 0.130. The van der Waals surface area contributed by atoms with Crippen molar-refractivity contribution in [1.82, 2.24) is 0 Å². The fourth-order valence-corrected chi connectivity index (χ4v) is 4.25. The molecule has 0 atom stereocenters. The number of rotatable bonds is 12. The Bertz CT molecular complexity index is 2060. The van der Waals surface area contributed by atoms with Gasteiger partial charge in [0, 0.05) is 22.8 Å². The van der Waals surface area contributed by atoms with Crippen LogP contribution < -0.4 is 0 Å². The summed E-state index contributed by atoms with van der Waals surface area (Å²) >= 11 is 0. The second kappa shape index (κ2) is 20.7. The molecule has 6 nitrogen and oxygen atoms in total. The van der Waals surface area contributed by atoms with Gasteiger partial charge in [0.05, 0.1) is 12.8 Å². The number of hydrogen-bond acceptors (Lipinski definition) is 6. The van der Waals surface area contributed by atoms with Crippen LogP contribution in [-0.2, 0) is 41.9 Å². The molecular weight excluding hydrogens is 649 g/mol. The zero-order valence-corrected chi connectivity index (χ0v) is 29.5. The molecule has 0 aliphatic rings. The van der Waals surface area contributed by atoms with E-state index in [9.17, 15) is 19.2 Å². The molecule has 4 aromatic rings. The van der Waals surface area contributed by atoms with E-state index in [-0.39, 0.29) is 43.6 Å². The van der Waals surface area contributed by atoms with E-state index in [2.05, 4.69) is 50.0 Å². The Morgan fingerprint density at radius 2 is 0.962 bits per heavy atom. The van der Waals surface area contributed by atoms with Crippen molar-refractivity contribution < 1.29 is 28.7 Å². The minimum atomic E-state index is -0.435. The number of ether oxygens (including phenoxy) is 2. The minimum absolute atomic E-state index is 0.0341. The maximum absolute atomic E-state index is 11.5. The van der Waals surface area contributed by atoms with E-state index in [4.69, 9.17) is 9.47 Å². The topological polar surface area (TPSA) is 86.7 Å². The second-order valence-corrected chi connectivity index (χ2v) is 11.5. The van der Waals surface area contributed by atoms with Gasteiger partial charge in [-0.15, -0.1) is 0 Å². The number of ketones is 2. The number of benzene rings is 4. The van der Waals surface area contributed by atoms with Crippen LogP contribution in [0.15, 0.2) is 147 Å². The Labute approximate surface area is 306 Å². The fourth-order valence-electron chi connectivity index (χ4n) is 4.25. The summed E-state index contributed by atoms with van der Waals surface area (Å²) in [6, 6.07) is 31.2. The first-order chi connectivity index (χ1) is 25.0. The lowest BCUT2D eigenvalue weighted by Crippen LogP contribution is -2.04. The lowest BCUT2D eigenvalue weighted by Gasteiger charge is -2.06. The maximum atomic E-state index is 11.5. The number of allylic oxidation sites excluding steroid dienone is 2. The van der Waals surface area contributed by atoms with Crippen molar-refractivity contribution in [3.63, 3.8) is 0 Å². The van der Waals surface area contributed by atoms with Gasteiger partial charge in [0.1, 0.15) is 13.2 Å². The van der Waals surface area contributed by atoms with Crippen LogP contribution in [0.3, 0.4) is 0 Å². The third-order valence-corrected chi connectivity index (χ3v) is 7.29. The molecule has 0 aromatic heterocycles. The van der Waals surface area contributed by atoms with Crippen molar-refractivity contribution in [2.75, 3.05) is 0 Å². The first-order valence-electron chi connectivity index (χ1n) is 16.3. The zero-order valence-electron chi connectivity index (χ0n) is 29.5. The molecule has 260 valence electrons. The predicted molar refractivity (Wildman–Crippen MR) is 206 cm³/mol. The second-order valence-electron chi connectivity index (χ2n) is 11.5. The van der Waals surface area contributed by atoms with Crippen LogP contribution in [0.2, 0.25) is 0 Å². The summed E-state index contributed by atoms with van der Waals surface area (Å²) in [4.78, 5) is 45.1. The number of hydrogen-bond donors (Lipinski definition) is 0. The molecule has 0 radical (unpaired) electrons. The van der Waals surface area contributed by atoms with Crippen LogP contribution in [0, 0.1) is 23.7 Å². The molecule has 0 saturated carbocycles.